The van der Waals surface area contributed by atoms with Crippen LogP contribution in [-0.2, 0) is 9.59 Å². The first-order chi connectivity index (χ1) is 9.73. The Kier molecular flexibility index (Phi) is 5.76. The Bertz CT molecular complexity index is 519. The zero-order valence-corrected chi connectivity index (χ0v) is 13.5. The molecule has 0 saturated heterocycles. The molecule has 1 aromatic carbocycles. The van der Waals surface area contributed by atoms with Gasteiger partial charge in [-0.05, 0) is 45.4 Å². The fourth-order valence-corrected chi connectivity index (χ4v) is 1.84. The van der Waals surface area contributed by atoms with Gasteiger partial charge < -0.3 is 16.0 Å². The van der Waals surface area contributed by atoms with Crippen LogP contribution in [0.3, 0.4) is 0 Å². The van der Waals surface area contributed by atoms with Crippen LogP contribution >= 0.6 is 0 Å². The van der Waals surface area contributed by atoms with Crippen molar-refractivity contribution in [3.05, 3.63) is 23.8 Å². The molecule has 5 nitrogen and oxygen atoms in total. The lowest BCUT2D eigenvalue weighted by Crippen LogP contribution is -2.43. The van der Waals surface area contributed by atoms with Crippen molar-refractivity contribution >= 4 is 23.2 Å². The highest BCUT2D eigenvalue weighted by molar-refractivity contribution is 5.92. The highest BCUT2D eigenvalue weighted by Crippen LogP contribution is 2.23. The molecule has 0 bridgehead atoms. The number of carbonyl (C=O) groups excluding carboxylic acids is 2. The number of hydrogen-bond acceptors (Lipinski definition) is 3. The van der Waals surface area contributed by atoms with Crippen molar-refractivity contribution in [2.45, 2.75) is 46.6 Å². The lowest BCUT2D eigenvalue weighted by Gasteiger charge is -2.21. The summed E-state index contributed by atoms with van der Waals surface area (Å²) in [5.74, 6) is -0.0920. The summed E-state index contributed by atoms with van der Waals surface area (Å²) in [5.41, 5.74) is 2.28. The van der Waals surface area contributed by atoms with E-state index in [0.717, 1.165) is 16.9 Å². The molecule has 1 aromatic rings. The van der Waals surface area contributed by atoms with Crippen LogP contribution in [0.4, 0.5) is 11.4 Å². The van der Waals surface area contributed by atoms with E-state index in [1.807, 2.05) is 52.8 Å². The van der Waals surface area contributed by atoms with Crippen molar-refractivity contribution in [1.29, 1.82) is 0 Å². The summed E-state index contributed by atoms with van der Waals surface area (Å²) < 4.78 is 0. The maximum atomic E-state index is 11.8. The van der Waals surface area contributed by atoms with Crippen LogP contribution < -0.4 is 16.0 Å². The summed E-state index contributed by atoms with van der Waals surface area (Å²) in [6, 6.07) is 5.59. The van der Waals surface area contributed by atoms with Gasteiger partial charge in [0, 0.05) is 23.3 Å². The van der Waals surface area contributed by atoms with Gasteiger partial charge in [0.05, 0.1) is 6.54 Å². The maximum Gasteiger partial charge on any atom is 0.239 e. The summed E-state index contributed by atoms with van der Waals surface area (Å²) in [4.78, 5) is 23.3. The van der Waals surface area contributed by atoms with E-state index in [-0.39, 0.29) is 23.9 Å². The molecule has 2 amide bonds. The minimum absolute atomic E-state index is 0.0271. The van der Waals surface area contributed by atoms with Crippen LogP contribution in [0.25, 0.3) is 0 Å². The normalized spacial score (nSPS) is 10.9. The van der Waals surface area contributed by atoms with Crippen molar-refractivity contribution in [1.82, 2.24) is 5.32 Å². The van der Waals surface area contributed by atoms with E-state index in [0.29, 0.717) is 6.42 Å². The van der Waals surface area contributed by atoms with Gasteiger partial charge in [-0.1, -0.05) is 13.0 Å². The number of carbonyl (C=O) groups is 2. The summed E-state index contributed by atoms with van der Waals surface area (Å²) in [6.07, 6.45) is 0.436. The summed E-state index contributed by atoms with van der Waals surface area (Å²) >= 11 is 0. The lowest BCUT2D eigenvalue weighted by atomic mass is 10.1. The molecular formula is C16H25N3O2. The molecule has 3 N–H and O–H groups in total. The van der Waals surface area contributed by atoms with Crippen molar-refractivity contribution in [2.24, 2.45) is 0 Å². The first kappa shape index (κ1) is 17.0. The number of amides is 2. The van der Waals surface area contributed by atoms with Crippen LogP contribution in [0.15, 0.2) is 18.2 Å². The van der Waals surface area contributed by atoms with Crippen molar-refractivity contribution in [2.75, 3.05) is 17.2 Å². The molecule has 116 valence electrons. The monoisotopic (exact) mass is 291 g/mol. The molecule has 0 aromatic heterocycles. The van der Waals surface area contributed by atoms with Crippen molar-refractivity contribution in [3.8, 4) is 0 Å². The van der Waals surface area contributed by atoms with Gasteiger partial charge in [-0.2, -0.15) is 0 Å². The molecule has 0 unspecified atom stereocenters. The summed E-state index contributed by atoms with van der Waals surface area (Å²) in [6.45, 7) is 9.74. The molecule has 0 saturated carbocycles. The van der Waals surface area contributed by atoms with E-state index in [4.69, 9.17) is 0 Å². The number of nitrogens with one attached hydrogen (secondary N) is 3. The molecule has 5 heteroatoms. The molecule has 0 aliphatic heterocycles. The number of hydrogen-bond donors (Lipinski definition) is 3. The molecule has 0 spiro atoms. The van der Waals surface area contributed by atoms with Crippen molar-refractivity contribution in [3.63, 3.8) is 0 Å². The smallest absolute Gasteiger partial charge is 0.239 e. The lowest BCUT2D eigenvalue weighted by molar-refractivity contribution is -0.120. The highest BCUT2D eigenvalue weighted by atomic mass is 16.2. The van der Waals surface area contributed by atoms with Crippen LogP contribution in [0, 0.1) is 6.92 Å². The second kappa shape index (κ2) is 7.11. The van der Waals surface area contributed by atoms with Gasteiger partial charge in [0.15, 0.2) is 0 Å². The number of rotatable bonds is 5. The first-order valence-corrected chi connectivity index (χ1v) is 7.17. The standard InChI is InChI=1S/C16H25N3O2/c1-6-14(20)18-13-9-7-8-12(11(13)2)17-10-15(21)19-16(3,4)5/h7-9,17H,6,10H2,1-5H3,(H,18,20)(H,19,21). The van der Waals surface area contributed by atoms with Crippen LogP contribution in [-0.4, -0.2) is 23.9 Å². The SMILES string of the molecule is CCC(=O)Nc1cccc(NCC(=O)NC(C)(C)C)c1C. The molecule has 0 heterocycles. The van der Waals surface area contributed by atoms with Gasteiger partial charge in [0.1, 0.15) is 0 Å². The Labute approximate surface area is 126 Å². The highest BCUT2D eigenvalue weighted by Gasteiger charge is 2.14. The van der Waals surface area contributed by atoms with E-state index in [2.05, 4.69) is 16.0 Å². The van der Waals surface area contributed by atoms with Gasteiger partial charge in [-0.3, -0.25) is 9.59 Å². The second-order valence-corrected chi connectivity index (χ2v) is 6.03. The van der Waals surface area contributed by atoms with Crippen molar-refractivity contribution < 1.29 is 9.59 Å². The second-order valence-electron chi connectivity index (χ2n) is 6.03. The number of anilines is 2. The predicted octanol–water partition coefficient (Wildman–Crippen LogP) is 2.67. The Morgan fingerprint density at radius 3 is 2.29 bits per heavy atom. The van der Waals surface area contributed by atoms with E-state index < -0.39 is 0 Å². The topological polar surface area (TPSA) is 70.2 Å². The van der Waals surface area contributed by atoms with Crippen LogP contribution in [0.2, 0.25) is 0 Å². The fraction of sp³-hybridized carbons (Fsp3) is 0.500. The Hall–Kier alpha value is -2.04. The molecular weight excluding hydrogens is 266 g/mol. The first-order valence-electron chi connectivity index (χ1n) is 7.17. The quantitative estimate of drug-likeness (QED) is 0.781. The molecule has 0 aliphatic rings. The minimum atomic E-state index is -0.245. The largest absolute Gasteiger partial charge is 0.376 e. The van der Waals surface area contributed by atoms with E-state index in [1.54, 1.807) is 0 Å². The third-order valence-corrected chi connectivity index (χ3v) is 2.88. The molecule has 0 radical (unpaired) electrons. The Balaban J connectivity index is 2.70. The summed E-state index contributed by atoms with van der Waals surface area (Å²) in [7, 11) is 0. The third-order valence-electron chi connectivity index (χ3n) is 2.88. The Morgan fingerprint density at radius 2 is 1.71 bits per heavy atom. The zero-order valence-electron chi connectivity index (χ0n) is 13.5. The maximum absolute atomic E-state index is 11.8. The van der Waals surface area contributed by atoms with Crippen LogP contribution in [0.1, 0.15) is 39.7 Å². The molecule has 1 rings (SSSR count). The molecule has 21 heavy (non-hydrogen) atoms. The van der Waals surface area contributed by atoms with Crippen LogP contribution in [0.5, 0.6) is 0 Å². The third kappa shape index (κ3) is 5.85. The van der Waals surface area contributed by atoms with E-state index >= 15 is 0 Å². The Morgan fingerprint density at radius 1 is 1.10 bits per heavy atom. The molecule has 0 aliphatic carbocycles. The number of benzene rings is 1. The average Bonchev–Trinajstić information content (AvgIpc) is 2.37. The van der Waals surface area contributed by atoms with E-state index in [9.17, 15) is 9.59 Å². The summed E-state index contributed by atoms with van der Waals surface area (Å²) in [5, 5.41) is 8.84. The van der Waals surface area contributed by atoms with Gasteiger partial charge in [0.2, 0.25) is 11.8 Å². The molecule has 0 fully saturated rings. The van der Waals surface area contributed by atoms with Gasteiger partial charge in [-0.25, -0.2) is 0 Å². The van der Waals surface area contributed by atoms with Gasteiger partial charge in [0.25, 0.3) is 0 Å². The molecule has 0 atom stereocenters. The minimum Gasteiger partial charge on any atom is -0.376 e. The van der Waals surface area contributed by atoms with Gasteiger partial charge >= 0.3 is 0 Å². The fourth-order valence-electron chi connectivity index (χ4n) is 1.84. The zero-order chi connectivity index (χ0) is 16.0. The predicted molar refractivity (Wildman–Crippen MR) is 86.5 cm³/mol. The average molecular weight is 291 g/mol. The van der Waals surface area contributed by atoms with E-state index in [1.165, 1.54) is 0 Å². The van der Waals surface area contributed by atoms with Gasteiger partial charge in [-0.15, -0.1) is 0 Å².